The molecule has 0 aromatic carbocycles. The lowest BCUT2D eigenvalue weighted by atomic mass is 10.2. The highest BCUT2D eigenvalue weighted by atomic mass is 32.1. The summed E-state index contributed by atoms with van der Waals surface area (Å²) in [5, 5.41) is 5.97. The molecule has 3 aromatic heterocycles. The number of pyridine rings is 1. The third-order valence-corrected chi connectivity index (χ3v) is 3.62. The lowest BCUT2D eigenvalue weighted by Gasteiger charge is -2.07. The average molecular weight is 298 g/mol. The smallest absolute Gasteiger partial charge is 0.396 e. The molecule has 3 aromatic rings. The molecule has 0 bridgehead atoms. The molecule has 0 unspecified atom stereocenters. The number of nitrogens with two attached hydrogens (primary N) is 1. The third-order valence-electron chi connectivity index (χ3n) is 2.75. The van der Waals surface area contributed by atoms with Crippen LogP contribution in [0.5, 0.6) is 0 Å². The molecule has 8 heteroatoms. The van der Waals surface area contributed by atoms with Crippen LogP contribution in [0.1, 0.15) is 16.3 Å². The summed E-state index contributed by atoms with van der Waals surface area (Å²) in [5.74, 6) is 0.443. The van der Waals surface area contributed by atoms with Gasteiger partial charge in [-0.1, -0.05) is 6.07 Å². The van der Waals surface area contributed by atoms with Crippen LogP contribution in [0.2, 0.25) is 0 Å². The fourth-order valence-electron chi connectivity index (χ4n) is 1.85. The second kappa shape index (κ2) is 4.48. The number of anilines is 1. The van der Waals surface area contributed by atoms with Crippen LogP contribution in [0.15, 0.2) is 29.8 Å². The van der Waals surface area contributed by atoms with E-state index in [1.165, 1.54) is 11.3 Å². The number of aromatic nitrogens is 3. The van der Waals surface area contributed by atoms with Crippen LogP contribution >= 0.6 is 11.3 Å². The van der Waals surface area contributed by atoms with Gasteiger partial charge in [0.1, 0.15) is 0 Å². The van der Waals surface area contributed by atoms with E-state index < -0.39 is 11.7 Å². The van der Waals surface area contributed by atoms with Crippen molar-refractivity contribution in [2.75, 3.05) is 5.73 Å². The van der Waals surface area contributed by atoms with E-state index >= 15 is 0 Å². The van der Waals surface area contributed by atoms with Gasteiger partial charge < -0.3 is 5.73 Å². The molecule has 0 saturated heterocycles. The number of fused-ring (bicyclic) bond motifs is 1. The first kappa shape index (κ1) is 12.9. The van der Waals surface area contributed by atoms with Crippen molar-refractivity contribution in [1.29, 1.82) is 0 Å². The first-order valence-electron chi connectivity index (χ1n) is 5.68. The molecule has 0 aliphatic rings. The lowest BCUT2D eigenvalue weighted by Crippen LogP contribution is -2.08. The maximum Gasteiger partial charge on any atom is 0.417 e. The van der Waals surface area contributed by atoms with Gasteiger partial charge in [-0.25, -0.2) is 9.50 Å². The zero-order valence-electron chi connectivity index (χ0n) is 10.1. The Bertz CT molecular complexity index is 746. The van der Waals surface area contributed by atoms with E-state index in [1.54, 1.807) is 0 Å². The van der Waals surface area contributed by atoms with Gasteiger partial charge in [-0.3, -0.25) is 0 Å². The molecule has 2 N–H and O–H groups in total. The van der Waals surface area contributed by atoms with Crippen molar-refractivity contribution in [2.24, 2.45) is 0 Å². The summed E-state index contributed by atoms with van der Waals surface area (Å²) in [7, 11) is 0. The van der Waals surface area contributed by atoms with Crippen molar-refractivity contribution in [3.05, 3.63) is 46.0 Å². The van der Waals surface area contributed by atoms with Crippen molar-refractivity contribution in [2.45, 2.75) is 12.6 Å². The SMILES string of the molecule is Nc1cc(C(F)(F)F)cn2nc(Cc3cccs3)nc12. The van der Waals surface area contributed by atoms with Crippen molar-refractivity contribution in [3.8, 4) is 0 Å². The summed E-state index contributed by atoms with van der Waals surface area (Å²) < 4.78 is 39.2. The van der Waals surface area contributed by atoms with Gasteiger partial charge in [0, 0.05) is 17.5 Å². The van der Waals surface area contributed by atoms with Gasteiger partial charge in [0.2, 0.25) is 0 Å². The summed E-state index contributed by atoms with van der Waals surface area (Å²) >= 11 is 1.54. The molecule has 20 heavy (non-hydrogen) atoms. The van der Waals surface area contributed by atoms with Crippen LogP contribution in [-0.4, -0.2) is 14.6 Å². The second-order valence-corrected chi connectivity index (χ2v) is 5.27. The van der Waals surface area contributed by atoms with Crippen LogP contribution < -0.4 is 5.73 Å². The molecule has 4 nitrogen and oxygen atoms in total. The maximum absolute atomic E-state index is 12.7. The summed E-state index contributed by atoms with van der Waals surface area (Å²) in [6, 6.07) is 4.69. The highest BCUT2D eigenvalue weighted by molar-refractivity contribution is 7.09. The van der Waals surface area contributed by atoms with Crippen LogP contribution in [-0.2, 0) is 12.6 Å². The Kier molecular flexibility index (Phi) is 2.89. The molecular weight excluding hydrogens is 289 g/mol. The van der Waals surface area contributed by atoms with E-state index in [9.17, 15) is 13.2 Å². The monoisotopic (exact) mass is 298 g/mol. The van der Waals surface area contributed by atoms with E-state index in [2.05, 4.69) is 10.1 Å². The minimum Gasteiger partial charge on any atom is -0.396 e. The van der Waals surface area contributed by atoms with Gasteiger partial charge in [-0.15, -0.1) is 11.3 Å². The van der Waals surface area contributed by atoms with Crippen LogP contribution in [0.25, 0.3) is 5.65 Å². The normalized spacial score (nSPS) is 12.2. The number of alkyl halides is 3. The predicted octanol–water partition coefficient (Wildman–Crippen LogP) is 2.98. The van der Waals surface area contributed by atoms with E-state index in [4.69, 9.17) is 5.73 Å². The van der Waals surface area contributed by atoms with Crippen molar-refractivity contribution < 1.29 is 13.2 Å². The number of hydrogen-bond acceptors (Lipinski definition) is 4. The fraction of sp³-hybridized carbons (Fsp3) is 0.167. The number of rotatable bonds is 2. The standard InChI is InChI=1S/C12H9F3N4S/c13-12(14,15)7-4-9(16)11-17-10(18-19(11)6-7)5-8-2-1-3-20-8/h1-4,6H,5,16H2. The summed E-state index contributed by atoms with van der Waals surface area (Å²) in [6.07, 6.45) is -3.08. The zero-order valence-corrected chi connectivity index (χ0v) is 10.9. The van der Waals surface area contributed by atoms with Gasteiger partial charge in [0.25, 0.3) is 0 Å². The quantitative estimate of drug-likeness (QED) is 0.791. The van der Waals surface area contributed by atoms with Gasteiger partial charge in [-0.2, -0.15) is 18.3 Å². The highest BCUT2D eigenvalue weighted by Gasteiger charge is 2.32. The molecule has 0 spiro atoms. The van der Waals surface area contributed by atoms with Crippen molar-refractivity contribution in [1.82, 2.24) is 14.6 Å². The van der Waals surface area contributed by atoms with E-state index in [0.717, 1.165) is 21.7 Å². The summed E-state index contributed by atoms with van der Waals surface area (Å²) in [5.41, 5.74) is 4.98. The molecule has 0 atom stereocenters. The lowest BCUT2D eigenvalue weighted by molar-refractivity contribution is -0.137. The second-order valence-electron chi connectivity index (χ2n) is 4.23. The zero-order chi connectivity index (χ0) is 14.3. The Balaban J connectivity index is 2.04. The minimum atomic E-state index is -4.46. The Morgan fingerprint density at radius 2 is 2.15 bits per heavy atom. The molecular formula is C12H9F3N4S. The van der Waals surface area contributed by atoms with E-state index in [1.807, 2.05) is 17.5 Å². The summed E-state index contributed by atoms with van der Waals surface area (Å²) in [4.78, 5) is 5.21. The molecule has 0 aliphatic carbocycles. The van der Waals surface area contributed by atoms with Gasteiger partial charge in [0.15, 0.2) is 11.5 Å². The number of nitrogens with zero attached hydrogens (tertiary/aromatic N) is 3. The van der Waals surface area contributed by atoms with Crippen molar-refractivity contribution in [3.63, 3.8) is 0 Å². The molecule has 3 heterocycles. The van der Waals surface area contributed by atoms with E-state index in [0.29, 0.717) is 12.2 Å². The average Bonchev–Trinajstić information content (AvgIpc) is 2.97. The molecule has 0 amide bonds. The van der Waals surface area contributed by atoms with Gasteiger partial charge in [-0.05, 0) is 17.5 Å². The molecule has 3 rings (SSSR count). The molecule has 0 fully saturated rings. The molecule has 0 aliphatic heterocycles. The number of nitrogen functional groups attached to an aromatic ring is 1. The van der Waals surface area contributed by atoms with Crippen LogP contribution in [0.4, 0.5) is 18.9 Å². The Morgan fingerprint density at radius 3 is 2.80 bits per heavy atom. The number of thiophene rings is 1. The Hall–Kier alpha value is -2.09. The van der Waals surface area contributed by atoms with E-state index in [-0.39, 0.29) is 11.3 Å². The summed E-state index contributed by atoms with van der Waals surface area (Å²) in [6.45, 7) is 0. The number of hydrogen-bond donors (Lipinski definition) is 1. The van der Waals surface area contributed by atoms with Gasteiger partial charge >= 0.3 is 6.18 Å². The highest BCUT2D eigenvalue weighted by Crippen LogP contribution is 2.31. The first-order valence-corrected chi connectivity index (χ1v) is 6.56. The maximum atomic E-state index is 12.7. The van der Waals surface area contributed by atoms with Gasteiger partial charge in [0.05, 0.1) is 11.3 Å². The first-order chi connectivity index (χ1) is 9.43. The minimum absolute atomic E-state index is 0.0373. The molecule has 0 radical (unpaired) electrons. The topological polar surface area (TPSA) is 56.2 Å². The van der Waals surface area contributed by atoms with Crippen molar-refractivity contribution >= 4 is 22.7 Å². The van der Waals surface area contributed by atoms with Crippen LogP contribution in [0.3, 0.4) is 0 Å². The molecule has 104 valence electrons. The van der Waals surface area contributed by atoms with Crippen LogP contribution in [0, 0.1) is 0 Å². The number of halogens is 3. The Morgan fingerprint density at radius 1 is 1.35 bits per heavy atom. The predicted molar refractivity (Wildman–Crippen MR) is 69.5 cm³/mol. The Labute approximate surface area is 115 Å². The largest absolute Gasteiger partial charge is 0.417 e. The molecule has 0 saturated carbocycles. The fourth-order valence-corrected chi connectivity index (χ4v) is 2.56. The third kappa shape index (κ3) is 2.34.